The number of aliphatic hydroxyl groups is 1. The zero-order valence-corrected chi connectivity index (χ0v) is 6.44. The molecule has 56 valence electrons. The zero-order valence-electron chi connectivity index (χ0n) is 4.88. The van der Waals surface area contributed by atoms with Gasteiger partial charge in [0.25, 0.3) is 0 Å². The third kappa shape index (κ3) is 18.0. The van der Waals surface area contributed by atoms with Crippen molar-refractivity contribution >= 4 is 5.97 Å². The van der Waals surface area contributed by atoms with Crippen LogP contribution < -0.4 is 0 Å². The molecule has 0 fully saturated rings. The van der Waals surface area contributed by atoms with Crippen molar-refractivity contribution in [1.82, 2.24) is 0 Å². The quantitative estimate of drug-likeness (QED) is 0.438. The summed E-state index contributed by atoms with van der Waals surface area (Å²) >= 11 is 0. The Balaban J connectivity index is -0.0000000417. The van der Waals surface area contributed by atoms with Gasteiger partial charge in [0.1, 0.15) is 6.10 Å². The fourth-order valence-corrected chi connectivity index (χ4v) is 0. The van der Waals surface area contributed by atoms with Crippen LogP contribution in [0.15, 0.2) is 0 Å². The van der Waals surface area contributed by atoms with E-state index < -0.39 is 12.1 Å². The summed E-state index contributed by atoms with van der Waals surface area (Å²) in [6, 6.07) is 0. The maximum absolute atomic E-state index is 9.45. The summed E-state index contributed by atoms with van der Waals surface area (Å²) in [5, 5.41) is 15.8. The van der Waals surface area contributed by atoms with Gasteiger partial charge >= 0.3 is 5.97 Å². The van der Waals surface area contributed by atoms with Crippen LogP contribution in [0.5, 0.6) is 0 Å². The summed E-state index contributed by atoms with van der Waals surface area (Å²) in [4.78, 5) is 9.45. The van der Waals surface area contributed by atoms with Gasteiger partial charge < -0.3 is 21.2 Å². The van der Waals surface area contributed by atoms with Crippen LogP contribution in [0.1, 0.15) is 6.92 Å². The van der Waals surface area contributed by atoms with Crippen molar-refractivity contribution < 1.29 is 47.7 Å². The van der Waals surface area contributed by atoms with Gasteiger partial charge in [0.05, 0.1) is 0 Å². The van der Waals surface area contributed by atoms with Gasteiger partial charge in [-0.2, -0.15) is 0 Å². The largest absolute Gasteiger partial charge is 0.479 e. The van der Waals surface area contributed by atoms with E-state index in [1.807, 2.05) is 0 Å². The Morgan fingerprint density at radius 3 is 1.56 bits per heavy atom. The fraction of sp³-hybridized carbons (Fsp3) is 0.667. The molecule has 6 N–H and O–H groups in total. The molecule has 0 aliphatic heterocycles. The van der Waals surface area contributed by atoms with Crippen LogP contribution in [-0.2, 0) is 26.5 Å². The molecule has 5 nitrogen and oxygen atoms in total. The molecule has 0 saturated carbocycles. The molecular weight excluding hydrogens is 164 g/mol. The monoisotopic (exact) mass is 174 g/mol. The van der Waals surface area contributed by atoms with Gasteiger partial charge in [0, 0.05) is 21.7 Å². The Hall–Kier alpha value is 0.0643. The van der Waals surface area contributed by atoms with Crippen LogP contribution in [-0.4, -0.2) is 33.2 Å². The van der Waals surface area contributed by atoms with Gasteiger partial charge in [-0.1, -0.05) is 0 Å². The predicted molar refractivity (Wildman–Crippen MR) is 26.5 cm³/mol. The predicted octanol–water partition coefficient (Wildman–Crippen LogP) is -2.20. The topological polar surface area (TPSA) is 121 Å². The van der Waals surface area contributed by atoms with Crippen molar-refractivity contribution in [3.05, 3.63) is 0 Å². The molecule has 6 heteroatoms. The second-order valence-electron chi connectivity index (χ2n) is 1.01. The molecule has 0 aromatic heterocycles. The fourth-order valence-electron chi connectivity index (χ4n) is 0. The van der Waals surface area contributed by atoms with Crippen LogP contribution >= 0.6 is 0 Å². The smallest absolute Gasteiger partial charge is 0.332 e. The van der Waals surface area contributed by atoms with Gasteiger partial charge in [0.15, 0.2) is 0 Å². The first-order valence-corrected chi connectivity index (χ1v) is 1.55. The number of aliphatic hydroxyl groups excluding tert-OH is 1. The minimum atomic E-state index is -1.23. The van der Waals surface area contributed by atoms with Gasteiger partial charge in [0.2, 0.25) is 0 Å². The van der Waals surface area contributed by atoms with Crippen molar-refractivity contribution in [2.45, 2.75) is 13.0 Å². The summed E-state index contributed by atoms with van der Waals surface area (Å²) in [5.41, 5.74) is 0. The van der Waals surface area contributed by atoms with E-state index in [1.54, 1.807) is 0 Å². The van der Waals surface area contributed by atoms with Crippen LogP contribution in [0.2, 0.25) is 0 Å². The number of carbonyl (C=O) groups is 1. The van der Waals surface area contributed by atoms with Crippen molar-refractivity contribution in [3.8, 4) is 0 Å². The van der Waals surface area contributed by atoms with E-state index in [9.17, 15) is 4.79 Å². The molecule has 0 radical (unpaired) electrons. The Kier molecular flexibility index (Phi) is 27.9. The van der Waals surface area contributed by atoms with Crippen LogP contribution in [0.25, 0.3) is 0 Å². The maximum Gasteiger partial charge on any atom is 0.332 e. The molecule has 0 amide bonds. The molecule has 9 heavy (non-hydrogen) atoms. The van der Waals surface area contributed by atoms with Gasteiger partial charge in [-0.25, -0.2) is 4.79 Å². The molecule has 0 heterocycles. The van der Waals surface area contributed by atoms with Crippen molar-refractivity contribution in [1.29, 1.82) is 0 Å². The maximum atomic E-state index is 9.45. The first-order valence-electron chi connectivity index (χ1n) is 1.55. The molecule has 0 spiro atoms. The molecule has 0 aliphatic rings. The Bertz CT molecular complexity index is 63.2. The summed E-state index contributed by atoms with van der Waals surface area (Å²) in [6.07, 6.45) is -1.23. The summed E-state index contributed by atoms with van der Waals surface area (Å²) < 4.78 is 0. The Morgan fingerprint density at radius 1 is 1.44 bits per heavy atom. The normalized spacial score (nSPS) is 9.11. The van der Waals surface area contributed by atoms with E-state index >= 15 is 0 Å². The summed E-state index contributed by atoms with van der Waals surface area (Å²) in [7, 11) is 0. The minimum absolute atomic E-state index is 0. The number of aliphatic carboxylic acids is 1. The third-order valence-corrected chi connectivity index (χ3v) is 0.357. The zero-order chi connectivity index (χ0) is 5.15. The van der Waals surface area contributed by atoms with E-state index in [0.717, 1.165) is 0 Å². The number of carboxylic acid groups (broad SMARTS) is 1. The number of hydrogen-bond acceptors (Lipinski definition) is 2. The minimum Gasteiger partial charge on any atom is -0.479 e. The molecule has 0 saturated heterocycles. The van der Waals surface area contributed by atoms with Crippen LogP contribution in [0, 0.1) is 0 Å². The van der Waals surface area contributed by atoms with E-state index in [1.165, 1.54) is 6.92 Å². The third-order valence-electron chi connectivity index (χ3n) is 0.357. The number of carboxylic acids is 1. The second-order valence-corrected chi connectivity index (χ2v) is 1.01. The number of hydrogen-bond donors (Lipinski definition) is 2. The van der Waals surface area contributed by atoms with E-state index in [0.29, 0.717) is 0 Å². The van der Waals surface area contributed by atoms with Crippen molar-refractivity contribution in [2.75, 3.05) is 0 Å². The molecule has 0 aliphatic carbocycles. The molecule has 1 unspecified atom stereocenters. The Labute approximate surface area is 67.2 Å². The van der Waals surface area contributed by atoms with Gasteiger partial charge in [-0.05, 0) is 6.92 Å². The van der Waals surface area contributed by atoms with E-state index in [-0.39, 0.29) is 32.7 Å². The standard InChI is InChI=1S/C3H6O3.2H2O.Ti/c1-2(4)3(5)6;;;/h2,4H,1H3,(H,5,6);2*1H2;. The van der Waals surface area contributed by atoms with E-state index in [4.69, 9.17) is 10.2 Å². The van der Waals surface area contributed by atoms with Gasteiger partial charge in [-0.15, -0.1) is 0 Å². The van der Waals surface area contributed by atoms with Crippen LogP contribution in [0.3, 0.4) is 0 Å². The summed E-state index contributed by atoms with van der Waals surface area (Å²) in [5.74, 6) is -1.19. The average molecular weight is 174 g/mol. The van der Waals surface area contributed by atoms with Crippen molar-refractivity contribution in [3.63, 3.8) is 0 Å². The average Bonchev–Trinajstić information content (AvgIpc) is 1.36. The van der Waals surface area contributed by atoms with Crippen molar-refractivity contribution in [2.24, 2.45) is 0 Å². The van der Waals surface area contributed by atoms with E-state index in [2.05, 4.69) is 0 Å². The molecule has 0 rings (SSSR count). The second kappa shape index (κ2) is 10.9. The molecule has 1 atom stereocenters. The molecule has 0 aromatic rings. The molecule has 0 bridgehead atoms. The SMILES string of the molecule is CC(O)C(=O)O.O.O.[Ti]. The summed E-state index contributed by atoms with van der Waals surface area (Å²) in [6.45, 7) is 1.20. The first kappa shape index (κ1) is 23.0. The van der Waals surface area contributed by atoms with Crippen LogP contribution in [0.4, 0.5) is 0 Å². The molecule has 0 aromatic carbocycles. The Morgan fingerprint density at radius 2 is 1.56 bits per heavy atom. The van der Waals surface area contributed by atoms with Gasteiger partial charge in [-0.3, -0.25) is 0 Å². The number of rotatable bonds is 1. The first-order chi connectivity index (χ1) is 2.64. The molecular formula is C3H10O5Ti.